The minimum Gasteiger partial charge on any atom is -0.481 e. The highest BCUT2D eigenvalue weighted by atomic mass is 35.5. The maximum Gasteiger partial charge on any atom is 0.411 e. The van der Waals surface area contributed by atoms with Crippen molar-refractivity contribution in [2.75, 3.05) is 5.32 Å². The largest absolute Gasteiger partial charge is 0.481 e. The molecule has 0 bridgehead atoms. The molecule has 15 heteroatoms. The highest BCUT2D eigenvalue weighted by Gasteiger charge is 2.57. The fourth-order valence-corrected chi connectivity index (χ4v) is 5.68. The molecule has 1 aromatic carbocycles. The number of ketones is 1. The molecule has 2 aromatic rings. The van der Waals surface area contributed by atoms with Crippen molar-refractivity contribution in [3.8, 4) is 0 Å². The van der Waals surface area contributed by atoms with Crippen molar-refractivity contribution in [2.24, 2.45) is 5.92 Å². The molecule has 40 heavy (non-hydrogen) atoms. The first-order valence-corrected chi connectivity index (χ1v) is 12.5. The van der Waals surface area contributed by atoms with Gasteiger partial charge >= 0.3 is 12.1 Å². The predicted molar refractivity (Wildman–Crippen MR) is 128 cm³/mol. The SMILES string of the molecule is O=C(O)C[C@H]1CC[C@@](NC(=O)C(=O)c2c(Cl)c(C(=O)Nc3cc(F)c(F)c(F)c3)c3n2CCC3)(C(F)(F)F)CC1. The number of carbonyl (C=O) groups excluding carboxylic acids is 3. The normalized spacial score (nSPS) is 20.6. The number of nitrogens with zero attached hydrogens (tertiary/aromatic N) is 1. The van der Waals surface area contributed by atoms with E-state index >= 15 is 0 Å². The number of hydrogen-bond acceptors (Lipinski definition) is 4. The van der Waals surface area contributed by atoms with Crippen molar-refractivity contribution in [2.45, 2.75) is 63.2 Å². The van der Waals surface area contributed by atoms with Crippen molar-refractivity contribution in [1.82, 2.24) is 9.88 Å². The molecule has 3 N–H and O–H groups in total. The van der Waals surface area contributed by atoms with Gasteiger partial charge in [-0.05, 0) is 44.4 Å². The zero-order valence-corrected chi connectivity index (χ0v) is 21.3. The second-order valence-corrected chi connectivity index (χ2v) is 10.2. The molecule has 1 aliphatic carbocycles. The quantitative estimate of drug-likeness (QED) is 0.180. The van der Waals surface area contributed by atoms with Crippen molar-refractivity contribution in [3.63, 3.8) is 0 Å². The Balaban J connectivity index is 1.60. The number of Topliss-reactive ketones (excluding diaryl/α,β-unsaturated/α-hetero) is 1. The van der Waals surface area contributed by atoms with Gasteiger partial charge in [-0.1, -0.05) is 11.6 Å². The number of carboxylic acid groups (broad SMARTS) is 1. The highest BCUT2D eigenvalue weighted by Crippen LogP contribution is 2.44. The lowest BCUT2D eigenvalue weighted by Gasteiger charge is -2.41. The van der Waals surface area contributed by atoms with Gasteiger partial charge in [0.2, 0.25) is 0 Å². The minimum absolute atomic E-state index is 0.109. The summed E-state index contributed by atoms with van der Waals surface area (Å²) >= 11 is 6.30. The molecule has 0 atom stereocenters. The van der Waals surface area contributed by atoms with Crippen LogP contribution in [0.5, 0.6) is 0 Å². The molecule has 8 nitrogen and oxygen atoms in total. The van der Waals surface area contributed by atoms with E-state index in [0.29, 0.717) is 18.6 Å². The van der Waals surface area contributed by atoms with Gasteiger partial charge in [-0.3, -0.25) is 19.2 Å². The molecule has 0 unspecified atom stereocenters. The maximum absolute atomic E-state index is 14.1. The summed E-state index contributed by atoms with van der Waals surface area (Å²) in [6, 6.07) is 1.03. The van der Waals surface area contributed by atoms with E-state index < -0.39 is 87.9 Å². The first-order valence-electron chi connectivity index (χ1n) is 12.2. The molecule has 2 aliphatic rings. The Labute approximate surface area is 227 Å². The fraction of sp³-hybridized carbons (Fsp3) is 0.440. The summed E-state index contributed by atoms with van der Waals surface area (Å²) in [5, 5.41) is 12.3. The number of carbonyl (C=O) groups is 4. The Morgan fingerprint density at radius 1 is 1.07 bits per heavy atom. The van der Waals surface area contributed by atoms with Crippen LogP contribution in [0.2, 0.25) is 5.02 Å². The van der Waals surface area contributed by atoms with Crippen molar-refractivity contribution in [3.05, 3.63) is 51.6 Å². The van der Waals surface area contributed by atoms with Crippen LogP contribution >= 0.6 is 11.6 Å². The first kappa shape index (κ1) is 29.4. The Morgan fingerprint density at radius 2 is 1.68 bits per heavy atom. The number of aromatic nitrogens is 1. The van der Waals surface area contributed by atoms with Gasteiger partial charge in [-0.2, -0.15) is 13.2 Å². The van der Waals surface area contributed by atoms with Crippen molar-refractivity contribution >= 4 is 40.9 Å². The van der Waals surface area contributed by atoms with Crippen molar-refractivity contribution < 1.29 is 50.6 Å². The lowest BCUT2D eigenvalue weighted by atomic mass is 9.74. The van der Waals surface area contributed by atoms with E-state index in [9.17, 15) is 45.5 Å². The summed E-state index contributed by atoms with van der Waals surface area (Å²) in [5.74, 6) is -10.7. The van der Waals surface area contributed by atoms with E-state index in [2.05, 4.69) is 5.32 Å². The minimum atomic E-state index is -4.95. The molecule has 2 heterocycles. The highest BCUT2D eigenvalue weighted by molar-refractivity contribution is 6.48. The molecule has 1 aromatic heterocycles. The van der Waals surface area contributed by atoms with Gasteiger partial charge in [0.05, 0.1) is 10.6 Å². The molecule has 4 rings (SSSR count). The number of nitrogens with one attached hydrogen (secondary N) is 2. The zero-order valence-electron chi connectivity index (χ0n) is 20.6. The average molecular weight is 594 g/mol. The van der Waals surface area contributed by atoms with Gasteiger partial charge in [0.25, 0.3) is 17.6 Å². The van der Waals surface area contributed by atoms with Crippen LogP contribution < -0.4 is 10.6 Å². The topological polar surface area (TPSA) is 118 Å². The molecule has 1 saturated carbocycles. The summed E-state index contributed by atoms with van der Waals surface area (Å²) < 4.78 is 84.0. The van der Waals surface area contributed by atoms with Crippen LogP contribution in [0.3, 0.4) is 0 Å². The maximum atomic E-state index is 14.1. The smallest absolute Gasteiger partial charge is 0.411 e. The van der Waals surface area contributed by atoms with Gasteiger partial charge in [0.1, 0.15) is 11.2 Å². The van der Waals surface area contributed by atoms with Gasteiger partial charge in [0.15, 0.2) is 17.5 Å². The predicted octanol–water partition coefficient (Wildman–Crippen LogP) is 5.02. The lowest BCUT2D eigenvalue weighted by molar-refractivity contribution is -0.208. The number of anilines is 1. The molecule has 2 amide bonds. The summed E-state index contributed by atoms with van der Waals surface area (Å²) in [6.45, 7) is 0.109. The van der Waals surface area contributed by atoms with Crippen LogP contribution in [0.1, 0.15) is 65.1 Å². The van der Waals surface area contributed by atoms with E-state index in [0.717, 1.165) is 0 Å². The number of fused-ring (bicyclic) bond motifs is 1. The van der Waals surface area contributed by atoms with Crippen LogP contribution in [0.15, 0.2) is 12.1 Å². The third-order valence-corrected chi connectivity index (χ3v) is 7.68. The number of hydrogen-bond donors (Lipinski definition) is 3. The second kappa shape index (κ2) is 10.8. The fourth-order valence-electron chi connectivity index (χ4n) is 5.30. The number of benzene rings is 1. The molecular formula is C25H22ClF6N3O5. The summed E-state index contributed by atoms with van der Waals surface area (Å²) in [4.78, 5) is 50.0. The van der Waals surface area contributed by atoms with Gasteiger partial charge in [0, 0.05) is 36.5 Å². The second-order valence-electron chi connectivity index (χ2n) is 9.85. The summed E-state index contributed by atoms with van der Waals surface area (Å²) in [7, 11) is 0. The van der Waals surface area contributed by atoms with E-state index in [-0.39, 0.29) is 43.5 Å². The van der Waals surface area contributed by atoms with Crippen molar-refractivity contribution in [1.29, 1.82) is 0 Å². The van der Waals surface area contributed by atoms with E-state index in [1.807, 2.05) is 0 Å². The number of halogens is 7. The van der Waals surface area contributed by atoms with E-state index in [1.54, 1.807) is 5.32 Å². The Hall–Kier alpha value is -3.55. The van der Waals surface area contributed by atoms with Gasteiger partial charge in [-0.25, -0.2) is 13.2 Å². The molecule has 216 valence electrons. The van der Waals surface area contributed by atoms with E-state index in [1.165, 1.54) is 4.57 Å². The Bertz CT molecular complexity index is 1380. The molecule has 1 fully saturated rings. The van der Waals surface area contributed by atoms with Gasteiger partial charge < -0.3 is 20.3 Å². The molecule has 0 saturated heterocycles. The molecular weight excluding hydrogens is 572 g/mol. The standard InChI is InChI=1S/C25H22ClF6N3O5/c26-18-17(22(39)33-12-9-13(27)19(29)14(28)10-12)15-2-1-7-35(15)20(18)21(38)23(40)34-24(25(30,31)32)5-3-11(4-6-24)8-16(36)37/h9-11H,1-8H2,(H,33,39)(H,34,40)(H,36,37)/t11-,24-. The Kier molecular flexibility index (Phi) is 7.94. The zero-order chi connectivity index (χ0) is 29.6. The Morgan fingerprint density at radius 3 is 2.23 bits per heavy atom. The molecule has 1 aliphatic heterocycles. The van der Waals surface area contributed by atoms with Gasteiger partial charge in [-0.15, -0.1) is 0 Å². The number of rotatable bonds is 7. The van der Waals surface area contributed by atoms with E-state index in [4.69, 9.17) is 16.7 Å². The third-order valence-electron chi connectivity index (χ3n) is 7.31. The average Bonchev–Trinajstić information content (AvgIpc) is 3.41. The molecule has 0 spiro atoms. The molecule has 0 radical (unpaired) electrons. The first-order chi connectivity index (χ1) is 18.6. The monoisotopic (exact) mass is 593 g/mol. The summed E-state index contributed by atoms with van der Waals surface area (Å²) in [5.41, 5.74) is -3.89. The lowest BCUT2D eigenvalue weighted by Crippen LogP contribution is -2.61. The van der Waals surface area contributed by atoms with Crippen LogP contribution in [0, 0.1) is 23.4 Å². The summed E-state index contributed by atoms with van der Waals surface area (Å²) in [6.07, 6.45) is -6.24. The number of carboxylic acids is 1. The van der Waals surface area contributed by atoms with Crippen LogP contribution in [-0.2, 0) is 22.6 Å². The number of alkyl halides is 3. The van der Waals surface area contributed by atoms with Crippen LogP contribution in [0.25, 0.3) is 0 Å². The third kappa shape index (κ3) is 5.40. The number of amides is 2. The number of aliphatic carboxylic acids is 1. The van der Waals surface area contributed by atoms with Crippen LogP contribution in [-0.4, -0.2) is 45.0 Å². The van der Waals surface area contributed by atoms with Crippen LogP contribution in [0.4, 0.5) is 32.0 Å².